The highest BCUT2D eigenvalue weighted by molar-refractivity contribution is 6.31. The zero-order valence-electron chi connectivity index (χ0n) is 16.4. The number of aromatic amines is 1. The summed E-state index contributed by atoms with van der Waals surface area (Å²) in [4.78, 5) is 23.3. The van der Waals surface area contributed by atoms with Crippen LogP contribution in [0, 0.1) is 0 Å². The molecule has 2 aromatic carbocycles. The highest BCUT2D eigenvalue weighted by Gasteiger charge is 2.33. The Morgan fingerprint density at radius 2 is 1.97 bits per heavy atom. The average Bonchev–Trinajstić information content (AvgIpc) is 3.15. The second-order valence-electron chi connectivity index (χ2n) is 6.61. The van der Waals surface area contributed by atoms with Gasteiger partial charge < -0.3 is 20.4 Å². The van der Waals surface area contributed by atoms with Crippen molar-refractivity contribution in [3.63, 3.8) is 0 Å². The Morgan fingerprint density at radius 1 is 1.16 bits per heavy atom. The number of H-pyrrole nitrogens is 1. The summed E-state index contributed by atoms with van der Waals surface area (Å²) in [5.74, 6) is 0.525. The van der Waals surface area contributed by atoms with Crippen LogP contribution in [0.4, 0.5) is 24.8 Å². The van der Waals surface area contributed by atoms with Gasteiger partial charge in [-0.25, -0.2) is 9.97 Å². The summed E-state index contributed by atoms with van der Waals surface area (Å²) < 4.78 is 45.0. The van der Waals surface area contributed by atoms with Crippen LogP contribution in [-0.4, -0.2) is 27.9 Å². The van der Waals surface area contributed by atoms with Crippen LogP contribution in [0.5, 0.6) is 11.5 Å². The number of rotatable bonds is 5. The number of anilines is 2. The molecule has 3 N–H and O–H groups in total. The first-order valence-corrected chi connectivity index (χ1v) is 9.61. The van der Waals surface area contributed by atoms with Gasteiger partial charge in [0.1, 0.15) is 5.75 Å². The normalized spacial score (nSPS) is 11.4. The number of alkyl halides is 3. The zero-order chi connectivity index (χ0) is 22.9. The maximum atomic E-state index is 13.1. The molecule has 0 aliphatic heterocycles. The molecule has 0 atom stereocenters. The van der Waals surface area contributed by atoms with E-state index in [9.17, 15) is 18.0 Å². The summed E-state index contributed by atoms with van der Waals surface area (Å²) >= 11 is 5.66. The minimum atomic E-state index is -4.57. The summed E-state index contributed by atoms with van der Waals surface area (Å²) in [6.45, 7) is 0. The first-order chi connectivity index (χ1) is 15.2. The molecule has 7 nitrogen and oxygen atoms in total. The Labute approximate surface area is 184 Å². The molecule has 0 saturated carbocycles. The summed E-state index contributed by atoms with van der Waals surface area (Å²) in [6.07, 6.45) is -3.09. The van der Waals surface area contributed by atoms with Gasteiger partial charge >= 0.3 is 6.18 Å². The molecule has 0 unspecified atom stereocenters. The molecular weight excluding hydrogens is 447 g/mol. The first-order valence-electron chi connectivity index (χ1n) is 9.23. The third kappa shape index (κ3) is 4.45. The number of carbonyl (C=O) groups is 1. The van der Waals surface area contributed by atoms with Gasteiger partial charge in [0.25, 0.3) is 5.91 Å². The molecular formula is C21H15ClF3N5O2. The molecule has 32 heavy (non-hydrogen) atoms. The molecule has 0 radical (unpaired) electrons. The van der Waals surface area contributed by atoms with Crippen molar-refractivity contribution in [1.29, 1.82) is 0 Å². The van der Waals surface area contributed by atoms with Crippen molar-refractivity contribution in [2.24, 2.45) is 0 Å². The smallest absolute Gasteiger partial charge is 0.417 e. The maximum Gasteiger partial charge on any atom is 0.417 e. The van der Waals surface area contributed by atoms with Crippen LogP contribution in [-0.2, 0) is 6.18 Å². The summed E-state index contributed by atoms with van der Waals surface area (Å²) in [6, 6.07) is 11.7. The number of nitrogens with one attached hydrogen (secondary N) is 3. The van der Waals surface area contributed by atoms with E-state index in [2.05, 4.69) is 25.6 Å². The van der Waals surface area contributed by atoms with Gasteiger partial charge in [0, 0.05) is 25.0 Å². The van der Waals surface area contributed by atoms with Crippen molar-refractivity contribution >= 4 is 40.2 Å². The molecule has 164 valence electrons. The molecule has 0 saturated heterocycles. The van der Waals surface area contributed by atoms with Crippen molar-refractivity contribution in [1.82, 2.24) is 20.3 Å². The van der Waals surface area contributed by atoms with Crippen molar-refractivity contribution in [3.8, 4) is 11.5 Å². The number of imidazole rings is 1. The van der Waals surface area contributed by atoms with E-state index in [1.807, 2.05) is 0 Å². The van der Waals surface area contributed by atoms with Crippen LogP contribution in [0.25, 0.3) is 11.0 Å². The van der Waals surface area contributed by atoms with Crippen LogP contribution < -0.4 is 15.4 Å². The van der Waals surface area contributed by atoms with Crippen molar-refractivity contribution in [3.05, 3.63) is 71.0 Å². The van der Waals surface area contributed by atoms with Crippen molar-refractivity contribution in [2.75, 3.05) is 12.4 Å². The van der Waals surface area contributed by atoms with E-state index in [0.29, 0.717) is 16.8 Å². The lowest BCUT2D eigenvalue weighted by molar-refractivity contribution is -0.137. The summed E-state index contributed by atoms with van der Waals surface area (Å²) in [7, 11) is 1.49. The summed E-state index contributed by atoms with van der Waals surface area (Å²) in [5.41, 5.74) is 0.482. The molecule has 0 fully saturated rings. The number of halogens is 4. The summed E-state index contributed by atoms with van der Waals surface area (Å²) in [5, 5.41) is 4.91. The minimum absolute atomic E-state index is 0.130. The van der Waals surface area contributed by atoms with Gasteiger partial charge in [-0.15, -0.1) is 0 Å². The van der Waals surface area contributed by atoms with E-state index in [1.165, 1.54) is 25.4 Å². The largest absolute Gasteiger partial charge is 0.455 e. The molecule has 2 aromatic heterocycles. The van der Waals surface area contributed by atoms with Crippen molar-refractivity contribution < 1.29 is 22.7 Å². The van der Waals surface area contributed by atoms with Crippen LogP contribution in [0.2, 0.25) is 5.02 Å². The van der Waals surface area contributed by atoms with Gasteiger partial charge in [0.05, 0.1) is 21.6 Å². The van der Waals surface area contributed by atoms with Gasteiger partial charge in [0.15, 0.2) is 11.4 Å². The van der Waals surface area contributed by atoms with E-state index in [0.717, 1.165) is 6.07 Å². The van der Waals surface area contributed by atoms with E-state index < -0.39 is 17.6 Å². The number of aromatic nitrogens is 3. The number of benzene rings is 2. The fraction of sp³-hybridized carbons (Fsp3) is 0.0952. The molecule has 11 heteroatoms. The predicted octanol–water partition coefficient (Wildman–Crippen LogP) is 5.53. The SMILES string of the molecule is CNC(=O)c1ncccc1Oc1ccc2nc(Nc3ccc(Cl)c(C(F)(F)F)c3)[nH]c2c1. The van der Waals surface area contributed by atoms with E-state index in [4.69, 9.17) is 16.3 Å². The standard InChI is InChI=1S/C21H15ClF3N5O2/c1-26-19(31)18-17(3-2-8-27-18)32-12-5-7-15-16(10-12)30-20(29-15)28-11-4-6-14(22)13(9-11)21(23,24)25/h2-10H,1H3,(H,26,31)(H2,28,29,30). The third-order valence-corrected chi connectivity index (χ3v) is 4.76. The minimum Gasteiger partial charge on any atom is -0.455 e. The predicted molar refractivity (Wildman–Crippen MR) is 114 cm³/mol. The topological polar surface area (TPSA) is 91.9 Å². The van der Waals surface area contributed by atoms with Gasteiger partial charge in [0.2, 0.25) is 5.95 Å². The van der Waals surface area contributed by atoms with Gasteiger partial charge in [-0.3, -0.25) is 4.79 Å². The van der Waals surface area contributed by atoms with Crippen LogP contribution in [0.3, 0.4) is 0 Å². The number of fused-ring (bicyclic) bond motifs is 1. The molecule has 0 spiro atoms. The quantitative estimate of drug-likeness (QED) is 0.363. The number of pyridine rings is 1. The average molecular weight is 462 g/mol. The first kappa shape index (κ1) is 21.4. The number of ether oxygens (including phenoxy) is 1. The second kappa shape index (κ2) is 8.39. The molecule has 2 heterocycles. The molecule has 0 aliphatic carbocycles. The Balaban J connectivity index is 1.59. The number of hydrogen-bond acceptors (Lipinski definition) is 5. The highest BCUT2D eigenvalue weighted by atomic mass is 35.5. The van der Waals surface area contributed by atoms with Crippen LogP contribution in [0.1, 0.15) is 16.1 Å². The monoisotopic (exact) mass is 461 g/mol. The molecule has 0 bridgehead atoms. The van der Waals surface area contributed by atoms with Gasteiger partial charge in [-0.1, -0.05) is 11.6 Å². The Morgan fingerprint density at radius 3 is 2.72 bits per heavy atom. The Hall–Kier alpha value is -3.79. The lowest BCUT2D eigenvalue weighted by Gasteiger charge is -2.11. The Bertz CT molecular complexity index is 1310. The molecule has 1 amide bonds. The van der Waals surface area contributed by atoms with Crippen molar-refractivity contribution in [2.45, 2.75) is 6.18 Å². The molecule has 4 aromatic rings. The number of hydrogen-bond donors (Lipinski definition) is 3. The number of amides is 1. The molecule has 4 rings (SSSR count). The lowest BCUT2D eigenvalue weighted by atomic mass is 10.2. The van der Waals surface area contributed by atoms with Gasteiger partial charge in [-0.05, 0) is 42.5 Å². The maximum absolute atomic E-state index is 13.1. The highest BCUT2D eigenvalue weighted by Crippen LogP contribution is 2.36. The fourth-order valence-corrected chi connectivity index (χ4v) is 3.18. The van der Waals surface area contributed by atoms with E-state index in [1.54, 1.807) is 30.3 Å². The van der Waals surface area contributed by atoms with E-state index >= 15 is 0 Å². The van der Waals surface area contributed by atoms with E-state index in [-0.39, 0.29) is 28.1 Å². The number of nitrogens with zero attached hydrogens (tertiary/aromatic N) is 2. The molecule has 0 aliphatic rings. The number of carbonyl (C=O) groups excluding carboxylic acids is 1. The Kier molecular flexibility index (Phi) is 5.62. The second-order valence-corrected chi connectivity index (χ2v) is 7.02. The zero-order valence-corrected chi connectivity index (χ0v) is 17.2. The van der Waals surface area contributed by atoms with Gasteiger partial charge in [-0.2, -0.15) is 13.2 Å². The third-order valence-electron chi connectivity index (χ3n) is 4.43. The lowest BCUT2D eigenvalue weighted by Crippen LogP contribution is -2.19. The van der Waals surface area contributed by atoms with Crippen LogP contribution in [0.15, 0.2) is 54.7 Å². The fourth-order valence-electron chi connectivity index (χ4n) is 2.96. The van der Waals surface area contributed by atoms with Crippen LogP contribution >= 0.6 is 11.6 Å².